The van der Waals surface area contributed by atoms with Gasteiger partial charge in [0, 0.05) is 17.3 Å². The van der Waals surface area contributed by atoms with Gasteiger partial charge in [0.15, 0.2) is 0 Å². The minimum Gasteiger partial charge on any atom is -0.444 e. The highest BCUT2D eigenvalue weighted by Crippen LogP contribution is 2.34. The molecule has 8 heteroatoms. The van der Waals surface area contributed by atoms with Crippen LogP contribution in [0, 0.1) is 13.8 Å². The molecule has 2 atom stereocenters. The van der Waals surface area contributed by atoms with Gasteiger partial charge in [0.2, 0.25) is 11.8 Å². The number of nitrogens with one attached hydrogen (secondary N) is 2. The van der Waals surface area contributed by atoms with E-state index in [0.29, 0.717) is 6.42 Å². The standard InChI is InChI=1S/C29H47N3O4S/c1-9-29(7,8)32(26(34)23(18-37)31-27(35)36-28(4,5)6)24(22-17-19(2)15-16-20(22)3)25(33)30-21-13-11-10-12-14-21/h15-17,21,23-24,37H,9-14,18H2,1-8H3,(H,30,33)(H,31,35). The molecule has 0 bridgehead atoms. The van der Waals surface area contributed by atoms with Crippen molar-refractivity contribution >= 4 is 30.5 Å². The van der Waals surface area contributed by atoms with Crippen LogP contribution in [0.2, 0.25) is 0 Å². The molecule has 2 rings (SSSR count). The van der Waals surface area contributed by atoms with Crippen LogP contribution in [0.1, 0.15) is 103 Å². The highest BCUT2D eigenvalue weighted by Gasteiger charge is 2.43. The lowest BCUT2D eigenvalue weighted by Gasteiger charge is -2.45. The van der Waals surface area contributed by atoms with Crippen LogP contribution < -0.4 is 10.6 Å². The molecule has 1 fully saturated rings. The summed E-state index contributed by atoms with van der Waals surface area (Å²) in [6.07, 6.45) is 5.16. The van der Waals surface area contributed by atoms with Crippen molar-refractivity contribution < 1.29 is 19.1 Å². The molecule has 0 heterocycles. The van der Waals surface area contributed by atoms with Gasteiger partial charge in [0.25, 0.3) is 0 Å². The molecular formula is C29H47N3O4S. The molecule has 1 aromatic rings. The number of hydrogen-bond acceptors (Lipinski definition) is 5. The topological polar surface area (TPSA) is 87.7 Å². The van der Waals surface area contributed by atoms with Gasteiger partial charge in [-0.2, -0.15) is 12.6 Å². The van der Waals surface area contributed by atoms with Crippen molar-refractivity contribution in [1.29, 1.82) is 0 Å². The molecule has 1 saturated carbocycles. The van der Waals surface area contributed by atoms with E-state index in [1.807, 2.05) is 52.8 Å². The summed E-state index contributed by atoms with van der Waals surface area (Å²) in [5.74, 6) is -0.485. The normalized spacial score (nSPS) is 16.5. The summed E-state index contributed by atoms with van der Waals surface area (Å²) in [7, 11) is 0. The summed E-state index contributed by atoms with van der Waals surface area (Å²) < 4.78 is 5.41. The van der Waals surface area contributed by atoms with Crippen LogP contribution >= 0.6 is 12.6 Å². The number of thiol groups is 1. The number of alkyl carbamates (subject to hydrolysis) is 1. The molecule has 208 valence electrons. The number of carbonyl (C=O) groups excluding carboxylic acids is 3. The van der Waals surface area contributed by atoms with Gasteiger partial charge in [-0.1, -0.05) is 49.9 Å². The fourth-order valence-corrected chi connectivity index (χ4v) is 4.98. The quantitative estimate of drug-likeness (QED) is 0.359. The number of hydrogen-bond donors (Lipinski definition) is 3. The third kappa shape index (κ3) is 8.66. The molecule has 37 heavy (non-hydrogen) atoms. The van der Waals surface area contributed by atoms with Crippen molar-refractivity contribution in [3.8, 4) is 0 Å². The van der Waals surface area contributed by atoms with Crippen LogP contribution in [-0.4, -0.2) is 51.8 Å². The maximum atomic E-state index is 14.2. The Morgan fingerprint density at radius 3 is 2.24 bits per heavy atom. The van der Waals surface area contributed by atoms with Crippen LogP contribution in [0.3, 0.4) is 0 Å². The Bertz CT molecular complexity index is 951. The summed E-state index contributed by atoms with van der Waals surface area (Å²) in [5.41, 5.74) is 1.34. The van der Waals surface area contributed by atoms with Crippen molar-refractivity contribution in [2.45, 2.75) is 123 Å². The minimum atomic E-state index is -0.959. The number of benzene rings is 1. The van der Waals surface area contributed by atoms with Crippen LogP contribution in [0.15, 0.2) is 18.2 Å². The zero-order chi connectivity index (χ0) is 28.0. The lowest BCUT2D eigenvalue weighted by atomic mass is 9.89. The van der Waals surface area contributed by atoms with Gasteiger partial charge in [-0.3, -0.25) is 9.59 Å². The average molecular weight is 534 g/mol. The number of carbonyl (C=O) groups is 3. The first-order chi connectivity index (χ1) is 17.2. The average Bonchev–Trinajstić information content (AvgIpc) is 2.81. The van der Waals surface area contributed by atoms with Gasteiger partial charge < -0.3 is 20.3 Å². The summed E-state index contributed by atoms with van der Waals surface area (Å²) in [6, 6.07) is 4.26. The van der Waals surface area contributed by atoms with Crippen molar-refractivity contribution in [3.63, 3.8) is 0 Å². The minimum absolute atomic E-state index is 0.0676. The molecule has 0 radical (unpaired) electrons. The first-order valence-corrected chi connectivity index (χ1v) is 14.1. The van der Waals surface area contributed by atoms with Crippen molar-refractivity contribution in [1.82, 2.24) is 15.5 Å². The number of nitrogens with zero attached hydrogens (tertiary/aromatic N) is 1. The van der Waals surface area contributed by atoms with E-state index < -0.39 is 29.3 Å². The summed E-state index contributed by atoms with van der Waals surface area (Å²) in [5, 5.41) is 5.95. The van der Waals surface area contributed by atoms with E-state index in [-0.39, 0.29) is 23.6 Å². The fraction of sp³-hybridized carbons (Fsp3) is 0.690. The second kappa shape index (κ2) is 13.0. The van der Waals surface area contributed by atoms with E-state index in [1.165, 1.54) is 6.42 Å². The first-order valence-electron chi connectivity index (χ1n) is 13.5. The number of rotatable bonds is 9. The van der Waals surface area contributed by atoms with Gasteiger partial charge in [-0.25, -0.2) is 4.79 Å². The number of amides is 3. The third-order valence-corrected chi connectivity index (χ3v) is 7.48. The first kappa shape index (κ1) is 31.0. The highest BCUT2D eigenvalue weighted by molar-refractivity contribution is 7.80. The maximum Gasteiger partial charge on any atom is 0.408 e. The molecular weight excluding hydrogens is 486 g/mol. The van der Waals surface area contributed by atoms with E-state index >= 15 is 0 Å². The number of aryl methyl sites for hydroxylation is 2. The summed E-state index contributed by atoms with van der Waals surface area (Å²) >= 11 is 4.39. The Morgan fingerprint density at radius 2 is 1.70 bits per heavy atom. The van der Waals surface area contributed by atoms with Crippen molar-refractivity contribution in [2.75, 3.05) is 5.75 Å². The Kier molecular flexibility index (Phi) is 10.9. The van der Waals surface area contributed by atoms with E-state index in [9.17, 15) is 14.4 Å². The largest absolute Gasteiger partial charge is 0.444 e. The lowest BCUT2D eigenvalue weighted by Crippen LogP contribution is -2.60. The van der Waals surface area contributed by atoms with E-state index in [2.05, 4.69) is 23.3 Å². The molecule has 0 aromatic heterocycles. The number of ether oxygens (including phenoxy) is 1. The van der Waals surface area contributed by atoms with Gasteiger partial charge >= 0.3 is 6.09 Å². The van der Waals surface area contributed by atoms with Crippen molar-refractivity contribution in [2.24, 2.45) is 0 Å². The van der Waals surface area contributed by atoms with E-state index in [1.54, 1.807) is 25.7 Å². The molecule has 0 spiro atoms. The zero-order valence-electron chi connectivity index (χ0n) is 23.9. The molecule has 2 N–H and O–H groups in total. The maximum absolute atomic E-state index is 14.2. The summed E-state index contributed by atoms with van der Waals surface area (Å²) in [6.45, 7) is 15.2. The predicted octanol–water partition coefficient (Wildman–Crippen LogP) is 5.63. The molecule has 3 amide bonds. The Hall–Kier alpha value is -2.22. The Labute approximate surface area is 228 Å². The summed E-state index contributed by atoms with van der Waals surface area (Å²) in [4.78, 5) is 42.5. The van der Waals surface area contributed by atoms with Crippen LogP contribution in [0.25, 0.3) is 0 Å². The van der Waals surface area contributed by atoms with Crippen LogP contribution in [0.4, 0.5) is 4.79 Å². The smallest absolute Gasteiger partial charge is 0.408 e. The van der Waals surface area contributed by atoms with Crippen molar-refractivity contribution in [3.05, 3.63) is 34.9 Å². The van der Waals surface area contributed by atoms with Gasteiger partial charge in [-0.05, 0) is 78.9 Å². The Balaban J connectivity index is 2.56. The predicted molar refractivity (Wildman–Crippen MR) is 152 cm³/mol. The van der Waals surface area contributed by atoms with Gasteiger partial charge in [0.1, 0.15) is 17.7 Å². The SMILES string of the molecule is CCC(C)(C)N(C(=O)C(CS)NC(=O)OC(C)(C)C)C(C(=O)NC1CCCCC1)c1cc(C)ccc1C. The lowest BCUT2D eigenvalue weighted by molar-refractivity contribution is -0.149. The molecule has 1 aromatic carbocycles. The monoisotopic (exact) mass is 533 g/mol. The van der Waals surface area contributed by atoms with E-state index in [0.717, 1.165) is 42.4 Å². The second-order valence-electron chi connectivity index (χ2n) is 11.9. The molecule has 2 unspecified atom stereocenters. The molecule has 7 nitrogen and oxygen atoms in total. The second-order valence-corrected chi connectivity index (χ2v) is 12.2. The molecule has 1 aliphatic rings. The highest BCUT2D eigenvalue weighted by atomic mass is 32.1. The zero-order valence-corrected chi connectivity index (χ0v) is 24.8. The van der Waals surface area contributed by atoms with Crippen LogP contribution in [-0.2, 0) is 14.3 Å². The molecule has 1 aliphatic carbocycles. The molecule has 0 saturated heterocycles. The van der Waals surface area contributed by atoms with Gasteiger partial charge in [0.05, 0.1) is 0 Å². The fourth-order valence-electron chi connectivity index (χ4n) is 4.73. The third-order valence-electron chi connectivity index (χ3n) is 7.11. The molecule has 0 aliphatic heterocycles. The van der Waals surface area contributed by atoms with Gasteiger partial charge in [-0.15, -0.1) is 0 Å². The van der Waals surface area contributed by atoms with Crippen LogP contribution in [0.5, 0.6) is 0 Å². The van der Waals surface area contributed by atoms with E-state index in [4.69, 9.17) is 4.74 Å². The Morgan fingerprint density at radius 1 is 1.08 bits per heavy atom.